The number of ether oxygens (including phenoxy) is 2. The van der Waals surface area contributed by atoms with Crippen LogP contribution in [0.5, 0.6) is 11.5 Å². The van der Waals surface area contributed by atoms with Gasteiger partial charge in [0.1, 0.15) is 5.82 Å². The van der Waals surface area contributed by atoms with Crippen molar-refractivity contribution >= 4 is 11.8 Å². The van der Waals surface area contributed by atoms with Crippen LogP contribution in [0.1, 0.15) is 34.1 Å². The Bertz CT molecular complexity index is 887. The Morgan fingerprint density at radius 1 is 0.966 bits per heavy atom. The quantitative estimate of drug-likeness (QED) is 0.773. The number of benzene rings is 2. The highest BCUT2D eigenvalue weighted by molar-refractivity contribution is 5.96. The van der Waals surface area contributed by atoms with Gasteiger partial charge in [0.25, 0.3) is 11.8 Å². The van der Waals surface area contributed by atoms with Crippen LogP contribution in [0, 0.1) is 5.82 Å². The van der Waals surface area contributed by atoms with E-state index in [0.29, 0.717) is 56.3 Å². The van der Waals surface area contributed by atoms with Crippen molar-refractivity contribution in [3.05, 3.63) is 59.4 Å². The van der Waals surface area contributed by atoms with Gasteiger partial charge in [0.2, 0.25) is 0 Å². The van der Waals surface area contributed by atoms with Crippen molar-refractivity contribution in [2.45, 2.75) is 13.3 Å². The molecule has 1 aliphatic heterocycles. The minimum Gasteiger partial charge on any atom is -0.493 e. The van der Waals surface area contributed by atoms with Crippen molar-refractivity contribution in [2.75, 3.05) is 39.9 Å². The van der Waals surface area contributed by atoms with E-state index in [1.165, 1.54) is 19.2 Å². The largest absolute Gasteiger partial charge is 0.493 e. The molecule has 6 nitrogen and oxygen atoms in total. The molecule has 2 aromatic rings. The van der Waals surface area contributed by atoms with Crippen LogP contribution >= 0.6 is 0 Å². The Kier molecular flexibility index (Phi) is 6.69. The first kappa shape index (κ1) is 20.6. The molecule has 29 heavy (non-hydrogen) atoms. The number of hydrogen-bond acceptors (Lipinski definition) is 4. The van der Waals surface area contributed by atoms with Crippen LogP contribution in [-0.4, -0.2) is 61.5 Å². The third-order valence-corrected chi connectivity index (χ3v) is 4.89. The summed E-state index contributed by atoms with van der Waals surface area (Å²) in [5.74, 6) is 0.0794. The second kappa shape index (κ2) is 9.41. The molecule has 0 aromatic heterocycles. The Labute approximate surface area is 169 Å². The van der Waals surface area contributed by atoms with Crippen LogP contribution in [0.3, 0.4) is 0 Å². The van der Waals surface area contributed by atoms with E-state index in [1.807, 2.05) is 6.92 Å². The van der Waals surface area contributed by atoms with E-state index < -0.39 is 5.82 Å². The fourth-order valence-electron chi connectivity index (χ4n) is 3.39. The summed E-state index contributed by atoms with van der Waals surface area (Å²) in [6.07, 6.45) is 0.625. The minimum atomic E-state index is -0.531. The summed E-state index contributed by atoms with van der Waals surface area (Å²) in [5, 5.41) is 0. The summed E-state index contributed by atoms with van der Waals surface area (Å²) in [7, 11) is 1.53. The van der Waals surface area contributed by atoms with Crippen molar-refractivity contribution in [3.8, 4) is 11.5 Å². The number of nitrogens with zero attached hydrogens (tertiary/aromatic N) is 2. The molecule has 7 heteroatoms. The average Bonchev–Trinajstić information content (AvgIpc) is 3.00. The van der Waals surface area contributed by atoms with E-state index in [0.717, 1.165) is 0 Å². The molecule has 2 amide bonds. The van der Waals surface area contributed by atoms with Crippen molar-refractivity contribution in [3.63, 3.8) is 0 Å². The van der Waals surface area contributed by atoms with Gasteiger partial charge in [0.05, 0.1) is 19.3 Å². The van der Waals surface area contributed by atoms with Crippen LogP contribution in [-0.2, 0) is 0 Å². The molecule has 3 rings (SSSR count). The van der Waals surface area contributed by atoms with Crippen molar-refractivity contribution in [2.24, 2.45) is 0 Å². The average molecular weight is 400 g/mol. The molecule has 0 bridgehead atoms. The summed E-state index contributed by atoms with van der Waals surface area (Å²) in [6, 6.07) is 11.1. The zero-order chi connectivity index (χ0) is 20.8. The van der Waals surface area contributed by atoms with Crippen LogP contribution in [0.4, 0.5) is 4.39 Å². The Morgan fingerprint density at radius 3 is 2.31 bits per heavy atom. The molecule has 0 unspecified atom stereocenters. The van der Waals surface area contributed by atoms with Crippen molar-refractivity contribution in [1.29, 1.82) is 0 Å². The number of carbonyl (C=O) groups excluding carboxylic acids is 2. The number of hydrogen-bond donors (Lipinski definition) is 0. The first-order valence-corrected chi connectivity index (χ1v) is 9.69. The third kappa shape index (κ3) is 4.67. The van der Waals surface area contributed by atoms with E-state index in [4.69, 9.17) is 9.47 Å². The van der Waals surface area contributed by atoms with Gasteiger partial charge in [-0.2, -0.15) is 0 Å². The fourth-order valence-corrected chi connectivity index (χ4v) is 3.39. The van der Waals surface area contributed by atoms with E-state index in [1.54, 1.807) is 40.1 Å². The summed E-state index contributed by atoms with van der Waals surface area (Å²) in [5.41, 5.74) is 0.558. The highest BCUT2D eigenvalue weighted by Gasteiger charge is 2.25. The molecule has 0 saturated carbocycles. The number of halogens is 1. The summed E-state index contributed by atoms with van der Waals surface area (Å²) < 4.78 is 24.8. The first-order chi connectivity index (χ1) is 14.0. The van der Waals surface area contributed by atoms with Gasteiger partial charge in [-0.3, -0.25) is 9.59 Å². The standard InChI is InChI=1S/C22H25FN2O4/c1-3-29-19-10-9-16(15-20(19)28-2)21(26)24-11-6-12-25(14-13-24)22(27)17-7-4-5-8-18(17)23/h4-5,7-10,15H,3,6,11-14H2,1-2H3. The minimum absolute atomic E-state index is 0.0588. The molecule has 0 aliphatic carbocycles. The zero-order valence-corrected chi connectivity index (χ0v) is 16.7. The Balaban J connectivity index is 1.70. The van der Waals surface area contributed by atoms with Gasteiger partial charge in [0, 0.05) is 31.7 Å². The van der Waals surface area contributed by atoms with Gasteiger partial charge >= 0.3 is 0 Å². The number of methoxy groups -OCH3 is 1. The lowest BCUT2D eigenvalue weighted by Gasteiger charge is -2.23. The molecular formula is C22H25FN2O4. The molecule has 1 heterocycles. The van der Waals surface area contributed by atoms with Gasteiger partial charge in [-0.1, -0.05) is 12.1 Å². The SMILES string of the molecule is CCOc1ccc(C(=O)N2CCCN(C(=O)c3ccccc3F)CC2)cc1OC. The molecular weight excluding hydrogens is 375 g/mol. The molecule has 0 atom stereocenters. The van der Waals surface area contributed by atoms with E-state index in [9.17, 15) is 14.0 Å². The second-order valence-electron chi connectivity index (χ2n) is 6.72. The predicted molar refractivity (Wildman–Crippen MR) is 107 cm³/mol. The summed E-state index contributed by atoms with van der Waals surface area (Å²) in [4.78, 5) is 28.9. The normalized spacial score (nSPS) is 14.3. The zero-order valence-electron chi connectivity index (χ0n) is 16.7. The van der Waals surface area contributed by atoms with Gasteiger partial charge in [-0.05, 0) is 43.7 Å². The molecule has 0 N–H and O–H groups in total. The molecule has 1 aliphatic rings. The number of amides is 2. The highest BCUT2D eigenvalue weighted by Crippen LogP contribution is 2.28. The molecule has 0 radical (unpaired) electrons. The maximum Gasteiger partial charge on any atom is 0.256 e. The van der Waals surface area contributed by atoms with Gasteiger partial charge in [-0.15, -0.1) is 0 Å². The van der Waals surface area contributed by atoms with Crippen molar-refractivity contribution in [1.82, 2.24) is 9.80 Å². The summed E-state index contributed by atoms with van der Waals surface area (Å²) >= 11 is 0. The lowest BCUT2D eigenvalue weighted by atomic mass is 10.1. The summed E-state index contributed by atoms with van der Waals surface area (Å²) in [6.45, 7) is 4.12. The molecule has 0 spiro atoms. The topological polar surface area (TPSA) is 59.1 Å². The van der Waals surface area contributed by atoms with Gasteiger partial charge in [-0.25, -0.2) is 4.39 Å². The van der Waals surface area contributed by atoms with Crippen LogP contribution in [0.2, 0.25) is 0 Å². The number of carbonyl (C=O) groups is 2. The highest BCUT2D eigenvalue weighted by atomic mass is 19.1. The van der Waals surface area contributed by atoms with Gasteiger partial charge < -0.3 is 19.3 Å². The lowest BCUT2D eigenvalue weighted by molar-refractivity contribution is 0.0716. The van der Waals surface area contributed by atoms with E-state index in [2.05, 4.69) is 0 Å². The Morgan fingerprint density at radius 2 is 1.66 bits per heavy atom. The third-order valence-electron chi connectivity index (χ3n) is 4.89. The molecule has 1 saturated heterocycles. The smallest absolute Gasteiger partial charge is 0.256 e. The van der Waals surface area contributed by atoms with E-state index >= 15 is 0 Å². The van der Waals surface area contributed by atoms with Crippen LogP contribution in [0.25, 0.3) is 0 Å². The maximum atomic E-state index is 13.9. The second-order valence-corrected chi connectivity index (χ2v) is 6.72. The Hall–Kier alpha value is -3.09. The van der Waals surface area contributed by atoms with Crippen molar-refractivity contribution < 1.29 is 23.5 Å². The molecule has 2 aromatic carbocycles. The molecule has 154 valence electrons. The van der Waals surface area contributed by atoms with Crippen LogP contribution in [0.15, 0.2) is 42.5 Å². The number of rotatable bonds is 5. The maximum absolute atomic E-state index is 13.9. The fraction of sp³-hybridized carbons (Fsp3) is 0.364. The first-order valence-electron chi connectivity index (χ1n) is 9.69. The van der Waals surface area contributed by atoms with Gasteiger partial charge in [0.15, 0.2) is 11.5 Å². The molecule has 1 fully saturated rings. The lowest BCUT2D eigenvalue weighted by Crippen LogP contribution is -2.37. The monoisotopic (exact) mass is 400 g/mol. The van der Waals surface area contributed by atoms with E-state index in [-0.39, 0.29) is 17.4 Å². The van der Waals surface area contributed by atoms with Crippen LogP contribution < -0.4 is 9.47 Å². The predicted octanol–water partition coefficient (Wildman–Crippen LogP) is 3.22.